The molecule has 0 unspecified atom stereocenters. The van der Waals surface area contributed by atoms with Gasteiger partial charge in [-0.15, -0.1) is 0 Å². The van der Waals surface area contributed by atoms with Gasteiger partial charge >= 0.3 is 13.6 Å². The van der Waals surface area contributed by atoms with Crippen molar-refractivity contribution in [1.82, 2.24) is 4.98 Å². The van der Waals surface area contributed by atoms with Crippen molar-refractivity contribution in [2.75, 3.05) is 26.9 Å². The minimum atomic E-state index is -3.24. The third-order valence-corrected chi connectivity index (χ3v) is 5.60. The summed E-state index contributed by atoms with van der Waals surface area (Å²) >= 11 is 0. The second-order valence-corrected chi connectivity index (χ2v) is 8.77. The molecule has 136 valence electrons. The Morgan fingerprint density at radius 1 is 1.29 bits per heavy atom. The molecule has 0 aliphatic carbocycles. The zero-order chi connectivity index (χ0) is 18.0. The molecule has 8 heteroatoms. The average molecular weight is 359 g/mol. The van der Waals surface area contributed by atoms with Gasteiger partial charge in [0.15, 0.2) is 0 Å². The predicted octanol–water partition coefficient (Wildman–Crippen LogP) is 3.41. The molecule has 0 aromatic carbocycles. The number of carbonyl (C=O) groups excluding carboxylic acids is 1. The number of carbonyl (C=O) groups is 1. The summed E-state index contributed by atoms with van der Waals surface area (Å²) in [6, 6.07) is 0. The predicted molar refractivity (Wildman–Crippen MR) is 89.2 cm³/mol. The van der Waals surface area contributed by atoms with Crippen LogP contribution in [0.15, 0.2) is 0 Å². The quantitative estimate of drug-likeness (QED) is 0.619. The average Bonchev–Trinajstić information content (AvgIpc) is 2.79. The van der Waals surface area contributed by atoms with E-state index in [4.69, 9.17) is 18.5 Å². The summed E-state index contributed by atoms with van der Waals surface area (Å²) in [5.74, 6) is -0.422. The largest absolute Gasteiger partial charge is 0.462 e. The first kappa shape index (κ1) is 19.2. The van der Waals surface area contributed by atoms with E-state index in [2.05, 4.69) is 4.98 Å². The molecule has 0 saturated carbocycles. The monoisotopic (exact) mass is 359 g/mol. The summed E-state index contributed by atoms with van der Waals surface area (Å²) < 4.78 is 34.1. The Hall–Kier alpha value is -1.14. The second kappa shape index (κ2) is 7.40. The molecule has 1 aromatic rings. The van der Waals surface area contributed by atoms with Crippen LogP contribution in [0.3, 0.4) is 0 Å². The summed E-state index contributed by atoms with van der Waals surface area (Å²) in [6.07, 6.45) is 0.0883. The summed E-state index contributed by atoms with van der Waals surface area (Å²) in [5.41, 5.74) is 2.21. The lowest BCUT2D eigenvalue weighted by Gasteiger charge is -2.33. The number of methoxy groups -OCH3 is 1. The lowest BCUT2D eigenvalue weighted by Crippen LogP contribution is -2.29. The van der Waals surface area contributed by atoms with Crippen molar-refractivity contribution >= 4 is 13.6 Å². The molecule has 1 aliphatic heterocycles. The van der Waals surface area contributed by atoms with Gasteiger partial charge in [0.2, 0.25) is 0 Å². The minimum Gasteiger partial charge on any atom is -0.462 e. The van der Waals surface area contributed by atoms with Gasteiger partial charge in [-0.05, 0) is 19.4 Å². The first-order valence-electron chi connectivity index (χ1n) is 7.96. The lowest BCUT2D eigenvalue weighted by molar-refractivity contribution is 0.0407. The van der Waals surface area contributed by atoms with E-state index < -0.39 is 13.6 Å². The molecule has 0 amide bonds. The van der Waals surface area contributed by atoms with Crippen LogP contribution in [-0.4, -0.2) is 37.9 Å². The van der Waals surface area contributed by atoms with Crippen molar-refractivity contribution in [3.8, 4) is 0 Å². The number of rotatable bonds is 6. The number of ether oxygens (including phenoxy) is 2. The molecular formula is C16H26NO6P. The number of hydrogen-bond acceptors (Lipinski definition) is 6. The Morgan fingerprint density at radius 3 is 2.46 bits per heavy atom. The van der Waals surface area contributed by atoms with Gasteiger partial charge in [-0.25, -0.2) is 4.79 Å². The Bertz CT molecular complexity index is 637. The van der Waals surface area contributed by atoms with Crippen molar-refractivity contribution in [3.05, 3.63) is 22.5 Å². The van der Waals surface area contributed by atoms with Gasteiger partial charge in [0.05, 0.1) is 43.8 Å². The third kappa shape index (κ3) is 4.28. The maximum absolute atomic E-state index is 12.8. The fourth-order valence-electron chi connectivity index (χ4n) is 2.52. The number of esters is 1. The Balaban J connectivity index is 2.26. The number of nitrogens with one attached hydrogen (secondary N) is 1. The Kier molecular flexibility index (Phi) is 5.91. The van der Waals surface area contributed by atoms with Crippen LogP contribution in [0.5, 0.6) is 0 Å². The SMILES string of the molecule is CCOC(=O)c1c(COC)[nH]c(CP2(=O)OCC(C)(C)CO2)c1C. The molecule has 0 spiro atoms. The maximum Gasteiger partial charge on any atom is 0.340 e. The van der Waals surface area contributed by atoms with Gasteiger partial charge < -0.3 is 23.5 Å². The molecule has 2 heterocycles. The van der Waals surface area contributed by atoms with Gasteiger partial charge in [0.1, 0.15) is 0 Å². The molecule has 1 fully saturated rings. The van der Waals surface area contributed by atoms with Crippen molar-refractivity contribution in [3.63, 3.8) is 0 Å². The number of aromatic nitrogens is 1. The van der Waals surface area contributed by atoms with Gasteiger partial charge in [-0.3, -0.25) is 4.57 Å². The highest BCUT2D eigenvalue weighted by Crippen LogP contribution is 2.56. The second-order valence-electron chi connectivity index (χ2n) is 6.72. The summed E-state index contributed by atoms with van der Waals surface area (Å²) in [5, 5.41) is 0. The van der Waals surface area contributed by atoms with E-state index in [0.717, 1.165) is 0 Å². The van der Waals surface area contributed by atoms with Crippen molar-refractivity contribution in [2.45, 2.75) is 40.5 Å². The Morgan fingerprint density at radius 2 is 1.92 bits per heavy atom. The number of H-pyrrole nitrogens is 1. The van der Waals surface area contributed by atoms with Gasteiger partial charge in [-0.1, -0.05) is 13.8 Å². The highest BCUT2D eigenvalue weighted by Gasteiger charge is 2.38. The van der Waals surface area contributed by atoms with Crippen LogP contribution in [0.4, 0.5) is 0 Å². The van der Waals surface area contributed by atoms with Gasteiger partial charge in [0.25, 0.3) is 0 Å². The normalized spacial score (nSPS) is 19.2. The van der Waals surface area contributed by atoms with E-state index in [0.29, 0.717) is 35.7 Å². The summed E-state index contributed by atoms with van der Waals surface area (Å²) in [7, 11) is -1.69. The molecular weight excluding hydrogens is 333 g/mol. The summed E-state index contributed by atoms with van der Waals surface area (Å²) in [4.78, 5) is 15.3. The third-order valence-electron chi connectivity index (χ3n) is 3.86. The van der Waals surface area contributed by atoms with Crippen LogP contribution in [0.25, 0.3) is 0 Å². The van der Waals surface area contributed by atoms with Crippen molar-refractivity contribution in [1.29, 1.82) is 0 Å². The van der Waals surface area contributed by atoms with Crippen molar-refractivity contribution < 1.29 is 27.9 Å². The molecule has 1 aromatic heterocycles. The molecule has 24 heavy (non-hydrogen) atoms. The molecule has 7 nitrogen and oxygen atoms in total. The maximum atomic E-state index is 12.8. The van der Waals surface area contributed by atoms with Crippen LogP contribution in [0.2, 0.25) is 0 Å². The number of hydrogen-bond donors (Lipinski definition) is 1. The van der Waals surface area contributed by atoms with E-state index in [1.807, 2.05) is 13.8 Å². The topological polar surface area (TPSA) is 86.9 Å². The lowest BCUT2D eigenvalue weighted by atomic mass is 9.97. The van der Waals surface area contributed by atoms with Crippen LogP contribution in [-0.2, 0) is 35.9 Å². The highest BCUT2D eigenvalue weighted by atomic mass is 31.2. The molecule has 0 radical (unpaired) electrons. The molecule has 1 aliphatic rings. The zero-order valence-corrected chi connectivity index (χ0v) is 15.8. The van der Waals surface area contributed by atoms with E-state index in [-0.39, 0.29) is 24.8 Å². The van der Waals surface area contributed by atoms with Crippen molar-refractivity contribution in [2.24, 2.45) is 5.41 Å². The first-order valence-corrected chi connectivity index (χ1v) is 9.68. The van der Waals surface area contributed by atoms with E-state index in [1.54, 1.807) is 21.0 Å². The van der Waals surface area contributed by atoms with Crippen LogP contribution < -0.4 is 0 Å². The van der Waals surface area contributed by atoms with Crippen LogP contribution in [0.1, 0.15) is 48.1 Å². The molecule has 0 bridgehead atoms. The van der Waals surface area contributed by atoms with Crippen LogP contribution in [0, 0.1) is 12.3 Å². The fraction of sp³-hybridized carbons (Fsp3) is 0.688. The van der Waals surface area contributed by atoms with Crippen LogP contribution >= 0.6 is 7.60 Å². The van der Waals surface area contributed by atoms with Gasteiger partial charge in [0, 0.05) is 18.2 Å². The first-order chi connectivity index (χ1) is 11.2. The summed E-state index contributed by atoms with van der Waals surface area (Å²) in [6.45, 7) is 8.79. The fourth-order valence-corrected chi connectivity index (χ4v) is 4.57. The zero-order valence-electron chi connectivity index (χ0n) is 14.9. The molecule has 0 atom stereocenters. The molecule has 2 rings (SSSR count). The van der Waals surface area contributed by atoms with E-state index in [9.17, 15) is 9.36 Å². The minimum absolute atomic E-state index is 0.0883. The standard InChI is InChI=1S/C16H26NO6P/c1-6-21-15(18)14-11(2)13(17-12(14)7-20-5)8-24(19)22-9-16(3,4)10-23-24/h17H,6-10H2,1-5H3. The number of aromatic amines is 1. The molecule has 1 N–H and O–H groups in total. The molecule has 1 saturated heterocycles. The smallest absolute Gasteiger partial charge is 0.340 e. The van der Waals surface area contributed by atoms with E-state index in [1.165, 1.54) is 0 Å². The van der Waals surface area contributed by atoms with E-state index >= 15 is 0 Å². The van der Waals surface area contributed by atoms with Gasteiger partial charge in [-0.2, -0.15) is 0 Å². The highest BCUT2D eigenvalue weighted by molar-refractivity contribution is 7.53. The Labute approximate surface area is 142 Å².